The molecule has 1 heterocycles. The van der Waals surface area contributed by atoms with Crippen LogP contribution in [0.3, 0.4) is 0 Å². The van der Waals surface area contributed by atoms with Crippen molar-refractivity contribution in [3.05, 3.63) is 60.3 Å². The van der Waals surface area contributed by atoms with Crippen LogP contribution < -0.4 is 9.88 Å². The number of nitrogens with two attached hydrogens (primary N) is 1. The van der Waals surface area contributed by atoms with Crippen molar-refractivity contribution in [2.24, 2.45) is 5.14 Å². The number of methoxy groups -OCH3 is 1. The Morgan fingerprint density at radius 3 is 2.42 bits per heavy atom. The van der Waals surface area contributed by atoms with Crippen LogP contribution in [-0.2, 0) is 10.0 Å². The first-order valence-electron chi connectivity index (χ1n) is 7.46. The van der Waals surface area contributed by atoms with E-state index in [0.29, 0.717) is 11.3 Å². The standard InChI is InChI=1S/C17H15F2N3O3S/c1-25-15-8-4-2-6-11(15)14-10-12(17(18)19)21-22(14)13-7-3-5-9-16(13)26(20,23)24/h2-10,17H,1H3,(H2,20,23,24). The van der Waals surface area contributed by atoms with Crippen LogP contribution >= 0.6 is 0 Å². The molecule has 3 aromatic rings. The molecular formula is C17H15F2N3O3S. The number of alkyl halides is 2. The van der Waals surface area contributed by atoms with Crippen LogP contribution in [0.15, 0.2) is 59.5 Å². The highest BCUT2D eigenvalue weighted by Crippen LogP contribution is 2.35. The molecule has 0 aliphatic rings. The molecule has 2 N–H and O–H groups in total. The molecule has 0 aliphatic heterocycles. The van der Waals surface area contributed by atoms with E-state index in [2.05, 4.69) is 5.10 Å². The van der Waals surface area contributed by atoms with Gasteiger partial charge in [-0.25, -0.2) is 27.0 Å². The van der Waals surface area contributed by atoms with Gasteiger partial charge in [0, 0.05) is 5.56 Å². The average Bonchev–Trinajstić information content (AvgIpc) is 3.06. The average molecular weight is 379 g/mol. The number of rotatable bonds is 5. The van der Waals surface area contributed by atoms with Crippen molar-refractivity contribution in [2.75, 3.05) is 7.11 Å². The largest absolute Gasteiger partial charge is 0.496 e. The predicted octanol–water partition coefficient (Wildman–Crippen LogP) is 3.13. The molecule has 2 aromatic carbocycles. The van der Waals surface area contributed by atoms with Gasteiger partial charge in [0.15, 0.2) is 0 Å². The number of para-hydroxylation sites is 2. The van der Waals surface area contributed by atoms with E-state index < -0.39 is 22.1 Å². The van der Waals surface area contributed by atoms with Crippen molar-refractivity contribution in [2.45, 2.75) is 11.3 Å². The number of hydrogen-bond donors (Lipinski definition) is 1. The predicted molar refractivity (Wildman–Crippen MR) is 91.9 cm³/mol. The van der Waals surface area contributed by atoms with Gasteiger partial charge in [-0.2, -0.15) is 5.10 Å². The summed E-state index contributed by atoms with van der Waals surface area (Å²) in [6, 6.07) is 13.8. The van der Waals surface area contributed by atoms with Gasteiger partial charge in [0.2, 0.25) is 10.0 Å². The summed E-state index contributed by atoms with van der Waals surface area (Å²) in [4.78, 5) is -0.222. The highest BCUT2D eigenvalue weighted by molar-refractivity contribution is 7.89. The third kappa shape index (κ3) is 3.31. The fraction of sp³-hybridized carbons (Fsp3) is 0.118. The number of ether oxygens (including phenoxy) is 1. The Kier molecular flexibility index (Phi) is 4.75. The molecule has 136 valence electrons. The first kappa shape index (κ1) is 18.0. The lowest BCUT2D eigenvalue weighted by Gasteiger charge is -2.13. The van der Waals surface area contributed by atoms with Gasteiger partial charge in [0.1, 0.15) is 16.3 Å². The first-order valence-corrected chi connectivity index (χ1v) is 9.01. The van der Waals surface area contributed by atoms with Gasteiger partial charge in [-0.3, -0.25) is 0 Å². The third-order valence-electron chi connectivity index (χ3n) is 3.73. The summed E-state index contributed by atoms with van der Waals surface area (Å²) in [5, 5.41) is 9.16. The minimum atomic E-state index is -4.09. The Morgan fingerprint density at radius 2 is 1.77 bits per heavy atom. The second-order valence-corrected chi connectivity index (χ2v) is 6.91. The smallest absolute Gasteiger partial charge is 0.282 e. The Labute approximate surface area is 148 Å². The number of nitrogens with zero attached hydrogens (tertiary/aromatic N) is 2. The topological polar surface area (TPSA) is 87.2 Å². The Bertz CT molecular complexity index is 1050. The number of aromatic nitrogens is 2. The van der Waals surface area contributed by atoms with Gasteiger partial charge in [0.05, 0.1) is 18.5 Å². The molecule has 1 aromatic heterocycles. The molecule has 0 amide bonds. The molecule has 0 saturated carbocycles. The van der Waals surface area contributed by atoms with Gasteiger partial charge < -0.3 is 4.74 Å². The molecule has 0 unspecified atom stereocenters. The molecule has 6 nitrogen and oxygen atoms in total. The van der Waals surface area contributed by atoms with E-state index in [0.717, 1.165) is 4.68 Å². The summed E-state index contributed by atoms with van der Waals surface area (Å²) in [6.07, 6.45) is -2.83. The SMILES string of the molecule is COc1ccccc1-c1cc(C(F)F)nn1-c1ccccc1S(N)(=O)=O. The number of hydrogen-bond acceptors (Lipinski definition) is 4. The first-order chi connectivity index (χ1) is 12.3. The maximum Gasteiger partial charge on any atom is 0.282 e. The zero-order chi connectivity index (χ0) is 18.9. The summed E-state index contributed by atoms with van der Waals surface area (Å²) in [5.41, 5.74) is 0.324. The van der Waals surface area contributed by atoms with E-state index in [1.165, 1.54) is 31.4 Å². The third-order valence-corrected chi connectivity index (χ3v) is 4.69. The molecule has 26 heavy (non-hydrogen) atoms. The van der Waals surface area contributed by atoms with E-state index in [4.69, 9.17) is 9.88 Å². The van der Waals surface area contributed by atoms with Gasteiger partial charge in [0.25, 0.3) is 6.43 Å². The summed E-state index contributed by atoms with van der Waals surface area (Å²) < 4.78 is 56.7. The fourth-order valence-electron chi connectivity index (χ4n) is 2.61. The second-order valence-electron chi connectivity index (χ2n) is 5.38. The van der Waals surface area contributed by atoms with Crippen LogP contribution in [-0.4, -0.2) is 25.3 Å². The number of sulfonamides is 1. The van der Waals surface area contributed by atoms with E-state index in [9.17, 15) is 17.2 Å². The van der Waals surface area contributed by atoms with Crippen LogP contribution in [0, 0.1) is 0 Å². The lowest BCUT2D eigenvalue weighted by molar-refractivity contribution is 0.145. The number of halogens is 2. The van der Waals surface area contributed by atoms with Crippen molar-refractivity contribution in [3.63, 3.8) is 0 Å². The molecule has 0 aliphatic carbocycles. The lowest BCUT2D eigenvalue weighted by Crippen LogP contribution is -2.16. The van der Waals surface area contributed by atoms with Crippen molar-refractivity contribution in [1.82, 2.24) is 9.78 Å². The zero-order valence-electron chi connectivity index (χ0n) is 13.6. The molecule has 0 bridgehead atoms. The van der Waals surface area contributed by atoms with Gasteiger partial charge in [-0.05, 0) is 30.3 Å². The summed E-state index contributed by atoms with van der Waals surface area (Å²) in [6.45, 7) is 0. The molecule has 0 fully saturated rings. The van der Waals surface area contributed by atoms with Crippen molar-refractivity contribution in [1.29, 1.82) is 0 Å². The second kappa shape index (κ2) is 6.85. The van der Waals surface area contributed by atoms with Gasteiger partial charge in [-0.15, -0.1) is 0 Å². The summed E-state index contributed by atoms with van der Waals surface area (Å²) in [7, 11) is -2.64. The molecule has 3 rings (SSSR count). The van der Waals surface area contributed by atoms with Gasteiger partial charge >= 0.3 is 0 Å². The minimum Gasteiger partial charge on any atom is -0.496 e. The van der Waals surface area contributed by atoms with E-state index >= 15 is 0 Å². The normalized spacial score (nSPS) is 11.7. The van der Waals surface area contributed by atoms with Crippen molar-refractivity contribution < 1.29 is 21.9 Å². The fourth-order valence-corrected chi connectivity index (χ4v) is 3.32. The van der Waals surface area contributed by atoms with Crippen molar-refractivity contribution >= 4 is 10.0 Å². The lowest BCUT2D eigenvalue weighted by atomic mass is 10.1. The maximum absolute atomic E-state index is 13.3. The van der Waals surface area contributed by atoms with E-state index in [1.54, 1.807) is 30.3 Å². The minimum absolute atomic E-state index is 0.0720. The Balaban J connectivity index is 2.33. The molecule has 0 atom stereocenters. The van der Waals surface area contributed by atoms with Crippen LogP contribution in [0.2, 0.25) is 0 Å². The Hall–Kier alpha value is -2.78. The Morgan fingerprint density at radius 1 is 1.12 bits per heavy atom. The quantitative estimate of drug-likeness (QED) is 0.738. The van der Waals surface area contributed by atoms with Crippen LogP contribution in [0.25, 0.3) is 16.9 Å². The molecule has 9 heteroatoms. The summed E-state index contributed by atoms with van der Waals surface area (Å²) in [5.74, 6) is 0.433. The molecule has 0 radical (unpaired) electrons. The zero-order valence-corrected chi connectivity index (χ0v) is 14.5. The van der Waals surface area contributed by atoms with Crippen LogP contribution in [0.4, 0.5) is 8.78 Å². The number of primary sulfonamides is 1. The van der Waals surface area contributed by atoms with Crippen LogP contribution in [0.5, 0.6) is 5.75 Å². The van der Waals surface area contributed by atoms with Gasteiger partial charge in [-0.1, -0.05) is 24.3 Å². The summed E-state index contributed by atoms with van der Waals surface area (Å²) >= 11 is 0. The molecule has 0 saturated heterocycles. The maximum atomic E-state index is 13.3. The van der Waals surface area contributed by atoms with E-state index in [1.807, 2.05) is 0 Å². The highest BCUT2D eigenvalue weighted by atomic mass is 32.2. The number of benzene rings is 2. The molecular weight excluding hydrogens is 364 g/mol. The highest BCUT2D eigenvalue weighted by Gasteiger charge is 2.23. The van der Waals surface area contributed by atoms with Crippen LogP contribution in [0.1, 0.15) is 12.1 Å². The molecule has 0 spiro atoms. The van der Waals surface area contributed by atoms with Crippen molar-refractivity contribution in [3.8, 4) is 22.7 Å². The van der Waals surface area contributed by atoms with E-state index in [-0.39, 0.29) is 16.3 Å². The monoisotopic (exact) mass is 379 g/mol.